The Morgan fingerprint density at radius 1 is 1.05 bits per heavy atom. The molecule has 2 unspecified atom stereocenters. The van der Waals surface area contributed by atoms with Crippen LogP contribution in [0, 0.1) is 0 Å². The van der Waals surface area contributed by atoms with Crippen molar-refractivity contribution in [3.05, 3.63) is 54.4 Å². The van der Waals surface area contributed by atoms with Gasteiger partial charge in [0.1, 0.15) is 6.10 Å². The van der Waals surface area contributed by atoms with Crippen molar-refractivity contribution in [2.75, 3.05) is 0 Å². The first-order valence-electron chi connectivity index (χ1n) is 6.56. The summed E-state index contributed by atoms with van der Waals surface area (Å²) in [6.07, 6.45) is 2.53. The van der Waals surface area contributed by atoms with Crippen molar-refractivity contribution in [3.63, 3.8) is 0 Å². The van der Waals surface area contributed by atoms with Gasteiger partial charge in [-0.1, -0.05) is 24.3 Å². The van der Waals surface area contributed by atoms with Crippen molar-refractivity contribution in [1.82, 2.24) is 10.3 Å². The van der Waals surface area contributed by atoms with Gasteiger partial charge in [-0.2, -0.15) is 0 Å². The monoisotopic (exact) mass is 270 g/mol. The third kappa shape index (κ3) is 3.42. The number of amides is 1. The molecule has 4 nitrogen and oxygen atoms in total. The number of carbonyl (C=O) groups is 1. The molecule has 104 valence electrons. The van der Waals surface area contributed by atoms with Gasteiger partial charge < -0.3 is 10.4 Å². The summed E-state index contributed by atoms with van der Waals surface area (Å²) in [7, 11) is 0. The Morgan fingerprint density at radius 2 is 1.60 bits per heavy atom. The van der Waals surface area contributed by atoms with Crippen LogP contribution in [0.4, 0.5) is 0 Å². The topological polar surface area (TPSA) is 62.2 Å². The summed E-state index contributed by atoms with van der Waals surface area (Å²) in [5, 5.41) is 11.9. The summed E-state index contributed by atoms with van der Waals surface area (Å²) >= 11 is 0. The molecule has 0 aliphatic carbocycles. The Hall–Kier alpha value is -2.20. The third-order valence-electron chi connectivity index (χ3n) is 3.16. The molecule has 0 bridgehead atoms. The Balaban J connectivity index is 2.10. The molecule has 0 fully saturated rings. The van der Waals surface area contributed by atoms with Crippen LogP contribution in [0.2, 0.25) is 0 Å². The number of carbonyl (C=O) groups excluding carboxylic acids is 1. The van der Waals surface area contributed by atoms with Crippen molar-refractivity contribution < 1.29 is 9.90 Å². The lowest BCUT2D eigenvalue weighted by molar-refractivity contribution is -0.129. The fraction of sp³-hybridized carbons (Fsp3) is 0.250. The number of aliphatic hydroxyl groups excluding tert-OH is 1. The second-order valence-electron chi connectivity index (χ2n) is 4.76. The van der Waals surface area contributed by atoms with Crippen LogP contribution in [0.1, 0.15) is 25.5 Å². The van der Waals surface area contributed by atoms with Crippen LogP contribution in [-0.2, 0) is 4.79 Å². The molecular weight excluding hydrogens is 252 g/mol. The molecule has 2 aromatic rings. The van der Waals surface area contributed by atoms with Gasteiger partial charge >= 0.3 is 0 Å². The maximum atomic E-state index is 11.4. The SMILES string of the molecule is CC(O)C(=O)NC(C)c1ccc(-c2ccncc2)cc1. The molecule has 2 N–H and O–H groups in total. The second kappa shape index (κ2) is 6.30. The predicted octanol–water partition coefficient (Wildman–Crippen LogP) is 2.31. The Morgan fingerprint density at radius 3 is 2.15 bits per heavy atom. The zero-order valence-electron chi connectivity index (χ0n) is 11.6. The van der Waals surface area contributed by atoms with Crippen LogP contribution in [0.5, 0.6) is 0 Å². The lowest BCUT2D eigenvalue weighted by Crippen LogP contribution is -2.34. The molecule has 0 saturated heterocycles. The summed E-state index contributed by atoms with van der Waals surface area (Å²) in [5.74, 6) is -0.365. The fourth-order valence-corrected chi connectivity index (χ4v) is 1.93. The highest BCUT2D eigenvalue weighted by atomic mass is 16.3. The van der Waals surface area contributed by atoms with Crippen LogP contribution in [0.15, 0.2) is 48.8 Å². The van der Waals surface area contributed by atoms with Gasteiger partial charge in [-0.25, -0.2) is 0 Å². The van der Waals surface area contributed by atoms with E-state index in [1.54, 1.807) is 12.4 Å². The van der Waals surface area contributed by atoms with E-state index in [1.807, 2.05) is 43.3 Å². The highest BCUT2D eigenvalue weighted by Gasteiger charge is 2.13. The second-order valence-corrected chi connectivity index (χ2v) is 4.76. The standard InChI is InChI=1S/C16H18N2O2/c1-11(18-16(20)12(2)19)13-3-5-14(6-4-13)15-7-9-17-10-8-15/h3-12,19H,1-2H3,(H,18,20). The minimum Gasteiger partial charge on any atom is -0.384 e. The molecule has 0 aliphatic rings. The zero-order valence-corrected chi connectivity index (χ0v) is 11.6. The summed E-state index contributed by atoms with van der Waals surface area (Å²) in [6, 6.07) is 11.7. The van der Waals surface area contributed by atoms with Crippen molar-refractivity contribution in [1.29, 1.82) is 0 Å². The average molecular weight is 270 g/mol. The van der Waals surface area contributed by atoms with E-state index in [4.69, 9.17) is 0 Å². The highest BCUT2D eigenvalue weighted by molar-refractivity contribution is 5.80. The van der Waals surface area contributed by atoms with Crippen molar-refractivity contribution in [3.8, 4) is 11.1 Å². The molecule has 4 heteroatoms. The van der Waals surface area contributed by atoms with E-state index in [2.05, 4.69) is 10.3 Å². The molecule has 2 rings (SSSR count). The number of aromatic nitrogens is 1. The lowest BCUT2D eigenvalue weighted by Gasteiger charge is -2.16. The van der Waals surface area contributed by atoms with E-state index in [9.17, 15) is 9.90 Å². The normalized spacial score (nSPS) is 13.6. The van der Waals surface area contributed by atoms with Gasteiger partial charge in [-0.05, 0) is 42.7 Å². The molecule has 20 heavy (non-hydrogen) atoms. The molecule has 1 aromatic heterocycles. The van der Waals surface area contributed by atoms with E-state index in [0.29, 0.717) is 0 Å². The van der Waals surface area contributed by atoms with Gasteiger partial charge in [0, 0.05) is 12.4 Å². The summed E-state index contributed by atoms with van der Waals surface area (Å²) < 4.78 is 0. The number of nitrogens with one attached hydrogen (secondary N) is 1. The molecule has 2 atom stereocenters. The van der Waals surface area contributed by atoms with Crippen LogP contribution in [0.3, 0.4) is 0 Å². The van der Waals surface area contributed by atoms with Gasteiger partial charge in [-0.15, -0.1) is 0 Å². The number of aliphatic hydroxyl groups is 1. The molecule has 1 aromatic carbocycles. The largest absolute Gasteiger partial charge is 0.384 e. The molecule has 0 spiro atoms. The third-order valence-corrected chi connectivity index (χ3v) is 3.16. The van der Waals surface area contributed by atoms with Gasteiger partial charge in [0.05, 0.1) is 6.04 Å². The van der Waals surface area contributed by atoms with E-state index in [1.165, 1.54) is 6.92 Å². The van der Waals surface area contributed by atoms with Crippen LogP contribution in [-0.4, -0.2) is 22.1 Å². The number of hydrogen-bond donors (Lipinski definition) is 2. The molecule has 1 heterocycles. The van der Waals surface area contributed by atoms with Crippen molar-refractivity contribution >= 4 is 5.91 Å². The number of hydrogen-bond acceptors (Lipinski definition) is 3. The molecule has 0 saturated carbocycles. The highest BCUT2D eigenvalue weighted by Crippen LogP contribution is 2.21. The molecule has 1 amide bonds. The van der Waals surface area contributed by atoms with Crippen LogP contribution < -0.4 is 5.32 Å². The summed E-state index contributed by atoms with van der Waals surface area (Å²) in [6.45, 7) is 3.34. The molecule has 0 aliphatic heterocycles. The van der Waals surface area contributed by atoms with Gasteiger partial charge in [0.2, 0.25) is 5.91 Å². The van der Waals surface area contributed by atoms with Gasteiger partial charge in [0.15, 0.2) is 0 Å². The number of rotatable bonds is 4. The summed E-state index contributed by atoms with van der Waals surface area (Å²) in [5.41, 5.74) is 3.20. The average Bonchev–Trinajstić information content (AvgIpc) is 2.48. The van der Waals surface area contributed by atoms with E-state index in [-0.39, 0.29) is 11.9 Å². The minimum absolute atomic E-state index is 0.136. The van der Waals surface area contributed by atoms with Crippen LogP contribution in [0.25, 0.3) is 11.1 Å². The first-order valence-corrected chi connectivity index (χ1v) is 6.56. The zero-order chi connectivity index (χ0) is 14.5. The maximum Gasteiger partial charge on any atom is 0.249 e. The van der Waals surface area contributed by atoms with Gasteiger partial charge in [-0.3, -0.25) is 9.78 Å². The maximum absolute atomic E-state index is 11.4. The number of benzene rings is 1. The minimum atomic E-state index is -0.992. The van der Waals surface area contributed by atoms with Crippen molar-refractivity contribution in [2.45, 2.75) is 26.0 Å². The van der Waals surface area contributed by atoms with Crippen LogP contribution >= 0.6 is 0 Å². The molecular formula is C16H18N2O2. The first-order chi connectivity index (χ1) is 9.58. The number of nitrogens with zero attached hydrogens (tertiary/aromatic N) is 1. The van der Waals surface area contributed by atoms with Crippen molar-refractivity contribution in [2.24, 2.45) is 0 Å². The van der Waals surface area contributed by atoms with E-state index in [0.717, 1.165) is 16.7 Å². The van der Waals surface area contributed by atoms with E-state index < -0.39 is 6.10 Å². The smallest absolute Gasteiger partial charge is 0.249 e. The molecule has 0 radical (unpaired) electrons. The number of pyridine rings is 1. The van der Waals surface area contributed by atoms with E-state index >= 15 is 0 Å². The first kappa shape index (κ1) is 14.2. The summed E-state index contributed by atoms with van der Waals surface area (Å²) in [4.78, 5) is 15.4. The fourth-order valence-electron chi connectivity index (χ4n) is 1.93. The lowest BCUT2D eigenvalue weighted by atomic mass is 10.0. The predicted molar refractivity (Wildman–Crippen MR) is 77.9 cm³/mol. The van der Waals surface area contributed by atoms with Gasteiger partial charge in [0.25, 0.3) is 0 Å². The Labute approximate surface area is 118 Å². The quantitative estimate of drug-likeness (QED) is 0.896. The Kier molecular flexibility index (Phi) is 4.48. The Bertz CT molecular complexity index is 565.